The third kappa shape index (κ3) is 5.92. The van der Waals surface area contributed by atoms with Crippen molar-refractivity contribution in [3.63, 3.8) is 0 Å². The molecule has 0 bridgehead atoms. The van der Waals surface area contributed by atoms with Gasteiger partial charge in [0.25, 0.3) is 5.69 Å². The van der Waals surface area contributed by atoms with E-state index in [0.29, 0.717) is 36.7 Å². The van der Waals surface area contributed by atoms with E-state index >= 15 is 0 Å². The van der Waals surface area contributed by atoms with Crippen LogP contribution in [0.15, 0.2) is 47.4 Å². The van der Waals surface area contributed by atoms with Crippen LogP contribution < -0.4 is 19.5 Å². The Labute approximate surface area is 179 Å². The van der Waals surface area contributed by atoms with Crippen molar-refractivity contribution in [2.45, 2.75) is 30.7 Å². The van der Waals surface area contributed by atoms with Crippen LogP contribution in [0.5, 0.6) is 11.5 Å². The van der Waals surface area contributed by atoms with Gasteiger partial charge in [0.2, 0.25) is 15.9 Å². The number of ether oxygens (including phenoxy) is 2. The van der Waals surface area contributed by atoms with Gasteiger partial charge in [0.15, 0.2) is 11.5 Å². The highest BCUT2D eigenvalue weighted by molar-refractivity contribution is 7.89. The molecule has 0 radical (unpaired) electrons. The third-order valence-corrected chi connectivity index (χ3v) is 6.09. The average molecular weight is 449 g/mol. The molecule has 0 saturated heterocycles. The second kappa shape index (κ2) is 9.75. The predicted octanol–water partition coefficient (Wildman–Crippen LogP) is 2.30. The van der Waals surface area contributed by atoms with E-state index in [2.05, 4.69) is 10.0 Å². The van der Waals surface area contributed by atoms with Crippen LogP contribution in [0.25, 0.3) is 0 Å². The highest BCUT2D eigenvalue weighted by Crippen LogP contribution is 2.31. The fourth-order valence-corrected chi connectivity index (χ4v) is 4.04. The Hall–Kier alpha value is -3.18. The number of hydrogen-bond donors (Lipinski definition) is 2. The van der Waals surface area contributed by atoms with Crippen LogP contribution in [-0.2, 0) is 14.8 Å². The zero-order valence-corrected chi connectivity index (χ0v) is 17.7. The quantitative estimate of drug-likeness (QED) is 0.466. The van der Waals surface area contributed by atoms with E-state index in [9.17, 15) is 23.3 Å². The number of nitro benzene ring substituents is 1. The molecule has 0 saturated carbocycles. The minimum Gasteiger partial charge on any atom is -0.490 e. The molecule has 1 aliphatic heterocycles. The lowest BCUT2D eigenvalue weighted by molar-refractivity contribution is -0.384. The van der Waals surface area contributed by atoms with Crippen LogP contribution in [-0.4, -0.2) is 39.0 Å². The van der Waals surface area contributed by atoms with Crippen LogP contribution in [0.4, 0.5) is 5.69 Å². The lowest BCUT2D eigenvalue weighted by Crippen LogP contribution is -2.32. The van der Waals surface area contributed by atoms with E-state index in [1.807, 2.05) is 0 Å². The summed E-state index contributed by atoms with van der Waals surface area (Å²) in [7, 11) is -3.84. The Morgan fingerprint density at radius 3 is 2.65 bits per heavy atom. The first-order valence-electron chi connectivity index (χ1n) is 9.69. The average Bonchev–Trinajstić information content (AvgIpc) is 2.98. The van der Waals surface area contributed by atoms with Crippen molar-refractivity contribution in [2.24, 2.45) is 0 Å². The molecule has 0 spiro atoms. The molecule has 1 aliphatic rings. The largest absolute Gasteiger partial charge is 0.490 e. The van der Waals surface area contributed by atoms with Crippen molar-refractivity contribution in [3.05, 3.63) is 58.1 Å². The van der Waals surface area contributed by atoms with E-state index < -0.39 is 21.0 Å². The maximum absolute atomic E-state index is 12.5. The van der Waals surface area contributed by atoms with Crippen molar-refractivity contribution in [2.75, 3.05) is 19.8 Å². The fourth-order valence-electron chi connectivity index (χ4n) is 3.00. The molecule has 0 fully saturated rings. The topological polar surface area (TPSA) is 137 Å². The van der Waals surface area contributed by atoms with Gasteiger partial charge in [-0.2, -0.15) is 0 Å². The first-order valence-corrected chi connectivity index (χ1v) is 11.2. The monoisotopic (exact) mass is 449 g/mol. The van der Waals surface area contributed by atoms with Gasteiger partial charge in [-0.1, -0.05) is 12.1 Å². The summed E-state index contributed by atoms with van der Waals surface area (Å²) >= 11 is 0. The Kier molecular flexibility index (Phi) is 7.08. The molecule has 0 aliphatic carbocycles. The second-order valence-corrected chi connectivity index (χ2v) is 8.72. The number of sulfonamides is 1. The number of non-ortho nitro benzene ring substituents is 1. The van der Waals surface area contributed by atoms with Gasteiger partial charge in [0.1, 0.15) is 0 Å². The van der Waals surface area contributed by atoms with E-state index in [1.165, 1.54) is 24.3 Å². The predicted molar refractivity (Wildman–Crippen MR) is 112 cm³/mol. The Morgan fingerprint density at radius 1 is 1.16 bits per heavy atom. The molecule has 1 unspecified atom stereocenters. The van der Waals surface area contributed by atoms with Gasteiger partial charge < -0.3 is 14.8 Å². The van der Waals surface area contributed by atoms with Gasteiger partial charge in [-0.3, -0.25) is 14.9 Å². The molecule has 10 nitrogen and oxygen atoms in total. The van der Waals surface area contributed by atoms with Crippen LogP contribution >= 0.6 is 0 Å². The van der Waals surface area contributed by atoms with Gasteiger partial charge in [-0.15, -0.1) is 0 Å². The molecule has 2 aromatic rings. The van der Waals surface area contributed by atoms with Crippen LogP contribution in [0.3, 0.4) is 0 Å². The fraction of sp³-hybridized carbons (Fsp3) is 0.350. The summed E-state index contributed by atoms with van der Waals surface area (Å²) in [4.78, 5) is 22.6. The normalized spacial score (nSPS) is 14.4. The van der Waals surface area contributed by atoms with Gasteiger partial charge in [0.05, 0.1) is 29.1 Å². The van der Waals surface area contributed by atoms with Crippen molar-refractivity contribution < 1.29 is 27.6 Å². The summed E-state index contributed by atoms with van der Waals surface area (Å²) in [5.74, 6) is 0.468. The van der Waals surface area contributed by atoms with Crippen molar-refractivity contribution in [1.29, 1.82) is 0 Å². The highest BCUT2D eigenvalue weighted by Gasteiger charge is 2.19. The molecule has 1 atom stereocenters. The number of fused-ring (bicyclic) bond motifs is 1. The number of carbonyl (C=O) groups is 1. The van der Waals surface area contributed by atoms with E-state index in [1.54, 1.807) is 25.1 Å². The number of nitrogens with one attached hydrogen (secondary N) is 2. The van der Waals surface area contributed by atoms with Crippen molar-refractivity contribution in [1.82, 2.24) is 10.0 Å². The molecule has 2 aromatic carbocycles. The Balaban J connectivity index is 1.54. The molecule has 0 aromatic heterocycles. The summed E-state index contributed by atoms with van der Waals surface area (Å²) in [6.07, 6.45) is 0.613. The zero-order chi connectivity index (χ0) is 22.4. The zero-order valence-electron chi connectivity index (χ0n) is 16.9. The van der Waals surface area contributed by atoms with Gasteiger partial charge in [0, 0.05) is 37.6 Å². The van der Waals surface area contributed by atoms with E-state index in [0.717, 1.165) is 0 Å². The molecule has 1 amide bonds. The number of hydrogen-bond acceptors (Lipinski definition) is 7. The smallest absolute Gasteiger partial charge is 0.269 e. The minimum absolute atomic E-state index is 0.0159. The Morgan fingerprint density at radius 2 is 1.90 bits per heavy atom. The number of rotatable bonds is 8. The van der Waals surface area contributed by atoms with Gasteiger partial charge in [-0.05, 0) is 24.6 Å². The number of amides is 1. The maximum atomic E-state index is 12.5. The third-order valence-electron chi connectivity index (χ3n) is 4.63. The second-order valence-electron chi connectivity index (χ2n) is 6.95. The number of benzene rings is 2. The molecule has 1 heterocycles. The molecular weight excluding hydrogens is 426 g/mol. The SMILES string of the molecule is CC(NC(=O)CCNS(=O)(=O)c1ccc2c(c1)OCCCO2)c1cccc([N+](=O)[O-])c1. The first-order chi connectivity index (χ1) is 14.8. The summed E-state index contributed by atoms with van der Waals surface area (Å²) in [6.45, 7) is 2.53. The number of carbonyl (C=O) groups excluding carboxylic acids is 1. The molecule has 166 valence electrons. The van der Waals surface area contributed by atoms with Crippen molar-refractivity contribution >= 4 is 21.6 Å². The van der Waals surface area contributed by atoms with Gasteiger partial charge >= 0.3 is 0 Å². The standard InChI is InChI=1S/C20H23N3O7S/c1-14(15-4-2-5-16(12-15)23(25)26)22-20(24)8-9-21-31(27,28)17-6-7-18-19(13-17)30-11-3-10-29-18/h2,4-7,12-14,21H,3,8-11H2,1H3,(H,22,24). The van der Waals surface area contributed by atoms with E-state index in [4.69, 9.17) is 9.47 Å². The maximum Gasteiger partial charge on any atom is 0.269 e. The van der Waals surface area contributed by atoms with E-state index in [-0.39, 0.29) is 29.5 Å². The van der Waals surface area contributed by atoms with Crippen LogP contribution in [0.2, 0.25) is 0 Å². The number of nitrogens with zero attached hydrogens (tertiary/aromatic N) is 1. The molecule has 2 N–H and O–H groups in total. The summed E-state index contributed by atoms with van der Waals surface area (Å²) < 4.78 is 38.5. The molecule has 11 heteroatoms. The summed E-state index contributed by atoms with van der Waals surface area (Å²) in [6, 6.07) is 9.86. The highest BCUT2D eigenvalue weighted by atomic mass is 32.2. The lowest BCUT2D eigenvalue weighted by Gasteiger charge is -2.14. The molecule has 31 heavy (non-hydrogen) atoms. The van der Waals surface area contributed by atoms with Crippen molar-refractivity contribution in [3.8, 4) is 11.5 Å². The number of nitro groups is 1. The molecular formula is C20H23N3O7S. The lowest BCUT2D eigenvalue weighted by atomic mass is 10.1. The molecule has 3 rings (SSSR count). The first kappa shape index (κ1) is 22.5. The van der Waals surface area contributed by atoms with Gasteiger partial charge in [-0.25, -0.2) is 13.1 Å². The van der Waals surface area contributed by atoms with Crippen LogP contribution in [0.1, 0.15) is 31.4 Å². The minimum atomic E-state index is -3.84. The summed E-state index contributed by atoms with van der Waals surface area (Å²) in [5, 5.41) is 13.6. The summed E-state index contributed by atoms with van der Waals surface area (Å²) in [5.41, 5.74) is 0.511. The Bertz CT molecular complexity index is 1070. The van der Waals surface area contributed by atoms with Crippen LogP contribution in [0, 0.1) is 10.1 Å².